The van der Waals surface area contributed by atoms with E-state index in [1.54, 1.807) is 6.92 Å². The van der Waals surface area contributed by atoms with Crippen molar-refractivity contribution in [3.8, 4) is 5.69 Å². The zero-order valence-corrected chi connectivity index (χ0v) is 14.4. The largest absolute Gasteiger partial charge is 0.466 e. The molecule has 9 nitrogen and oxygen atoms in total. The van der Waals surface area contributed by atoms with E-state index in [1.165, 1.54) is 35.1 Å². The Kier molecular flexibility index (Phi) is 5.25. The number of amides is 1. The van der Waals surface area contributed by atoms with Gasteiger partial charge in [0, 0.05) is 6.42 Å². The number of nitrogens with zero attached hydrogens (tertiary/aromatic N) is 4. The molecule has 2 heterocycles. The smallest absolute Gasteiger partial charge is 0.306 e. The summed E-state index contributed by atoms with van der Waals surface area (Å²) >= 11 is 0. The van der Waals surface area contributed by atoms with Crippen molar-refractivity contribution < 1.29 is 18.7 Å². The van der Waals surface area contributed by atoms with E-state index in [1.807, 2.05) is 0 Å². The molecule has 0 bridgehead atoms. The quantitative estimate of drug-likeness (QED) is 0.649. The van der Waals surface area contributed by atoms with Crippen molar-refractivity contribution in [2.75, 3.05) is 12.0 Å². The molecule has 0 saturated heterocycles. The molecule has 3 aromatic rings. The molecule has 0 spiro atoms. The fourth-order valence-corrected chi connectivity index (χ4v) is 2.40. The van der Waals surface area contributed by atoms with E-state index in [9.17, 15) is 18.8 Å². The SMILES string of the molecule is CCOC(=O)CCC(=O)Nn1cnc2c(cnn2-c2ccc(F)cc2)c1=O. The summed E-state index contributed by atoms with van der Waals surface area (Å²) in [6.07, 6.45) is 2.24. The summed E-state index contributed by atoms with van der Waals surface area (Å²) in [5, 5.41) is 4.27. The third-order valence-corrected chi connectivity index (χ3v) is 3.67. The minimum Gasteiger partial charge on any atom is -0.466 e. The van der Waals surface area contributed by atoms with Gasteiger partial charge in [-0.25, -0.2) is 18.7 Å². The number of rotatable bonds is 6. The van der Waals surface area contributed by atoms with E-state index in [0.717, 1.165) is 11.0 Å². The third-order valence-electron chi connectivity index (χ3n) is 3.67. The summed E-state index contributed by atoms with van der Waals surface area (Å²) in [6, 6.07) is 5.56. The number of aromatic nitrogens is 4. The monoisotopic (exact) mass is 373 g/mol. The number of ether oxygens (including phenoxy) is 1. The molecule has 140 valence electrons. The van der Waals surface area contributed by atoms with E-state index in [-0.39, 0.29) is 30.5 Å². The van der Waals surface area contributed by atoms with Crippen LogP contribution < -0.4 is 11.0 Å². The number of hydrogen-bond acceptors (Lipinski definition) is 6. The molecule has 1 amide bonds. The molecule has 1 N–H and O–H groups in total. The van der Waals surface area contributed by atoms with Crippen LogP contribution in [0.4, 0.5) is 4.39 Å². The van der Waals surface area contributed by atoms with E-state index in [2.05, 4.69) is 15.5 Å². The van der Waals surface area contributed by atoms with Crippen LogP contribution in [-0.4, -0.2) is 37.9 Å². The van der Waals surface area contributed by atoms with Crippen LogP contribution in [0.2, 0.25) is 0 Å². The molecule has 0 atom stereocenters. The Bertz CT molecular complexity index is 1040. The number of fused-ring (bicyclic) bond motifs is 1. The van der Waals surface area contributed by atoms with Crippen LogP contribution in [0.15, 0.2) is 41.6 Å². The maximum atomic E-state index is 13.1. The number of hydrogen-bond donors (Lipinski definition) is 1. The Morgan fingerprint density at radius 1 is 1.22 bits per heavy atom. The molecule has 0 unspecified atom stereocenters. The number of esters is 1. The first-order valence-corrected chi connectivity index (χ1v) is 8.16. The molecule has 0 radical (unpaired) electrons. The summed E-state index contributed by atoms with van der Waals surface area (Å²) in [5.74, 6) is -1.41. The van der Waals surface area contributed by atoms with Crippen molar-refractivity contribution in [2.45, 2.75) is 19.8 Å². The van der Waals surface area contributed by atoms with Crippen molar-refractivity contribution in [2.24, 2.45) is 0 Å². The lowest BCUT2D eigenvalue weighted by Crippen LogP contribution is -2.33. The first-order chi connectivity index (χ1) is 13.0. The molecular formula is C17H16FN5O4. The number of carbonyl (C=O) groups excluding carboxylic acids is 2. The van der Waals surface area contributed by atoms with Crippen molar-refractivity contribution in [1.29, 1.82) is 0 Å². The van der Waals surface area contributed by atoms with Crippen LogP contribution in [-0.2, 0) is 14.3 Å². The Hall–Kier alpha value is -3.56. The molecule has 0 aliphatic rings. The predicted molar refractivity (Wildman–Crippen MR) is 93.3 cm³/mol. The van der Waals surface area contributed by atoms with Crippen LogP contribution in [0.25, 0.3) is 16.7 Å². The highest BCUT2D eigenvalue weighted by Gasteiger charge is 2.14. The van der Waals surface area contributed by atoms with Gasteiger partial charge in [0.25, 0.3) is 5.56 Å². The summed E-state index contributed by atoms with van der Waals surface area (Å²) in [6.45, 7) is 1.91. The van der Waals surface area contributed by atoms with Crippen molar-refractivity contribution in [3.05, 3.63) is 53.0 Å². The van der Waals surface area contributed by atoms with Gasteiger partial charge in [-0.2, -0.15) is 5.10 Å². The summed E-state index contributed by atoms with van der Waals surface area (Å²) in [4.78, 5) is 39.8. The lowest BCUT2D eigenvalue weighted by molar-refractivity contribution is -0.144. The number of benzene rings is 1. The molecule has 0 aliphatic carbocycles. The van der Waals surface area contributed by atoms with Crippen molar-refractivity contribution >= 4 is 22.9 Å². The van der Waals surface area contributed by atoms with Gasteiger partial charge in [0.2, 0.25) is 5.91 Å². The first-order valence-electron chi connectivity index (χ1n) is 8.16. The number of halogens is 1. The van der Waals surface area contributed by atoms with Gasteiger partial charge in [-0.1, -0.05) is 0 Å². The molecule has 1 aromatic carbocycles. The Balaban J connectivity index is 1.80. The fourth-order valence-electron chi connectivity index (χ4n) is 2.40. The second-order valence-electron chi connectivity index (χ2n) is 5.53. The van der Waals surface area contributed by atoms with Gasteiger partial charge in [-0.3, -0.25) is 19.8 Å². The minimum atomic E-state index is -0.530. The van der Waals surface area contributed by atoms with Crippen LogP contribution in [0.5, 0.6) is 0 Å². The Morgan fingerprint density at radius 3 is 2.67 bits per heavy atom. The lowest BCUT2D eigenvalue weighted by Gasteiger charge is -2.08. The Morgan fingerprint density at radius 2 is 1.96 bits per heavy atom. The predicted octanol–water partition coefficient (Wildman–Crippen LogP) is 1.13. The van der Waals surface area contributed by atoms with Gasteiger partial charge < -0.3 is 4.74 Å². The van der Waals surface area contributed by atoms with Crippen LogP contribution in [0.3, 0.4) is 0 Å². The second-order valence-corrected chi connectivity index (χ2v) is 5.53. The van der Waals surface area contributed by atoms with E-state index >= 15 is 0 Å². The first kappa shape index (κ1) is 18.2. The highest BCUT2D eigenvalue weighted by molar-refractivity contribution is 5.87. The van der Waals surface area contributed by atoms with E-state index < -0.39 is 23.3 Å². The van der Waals surface area contributed by atoms with Gasteiger partial charge >= 0.3 is 5.97 Å². The Labute approximate surface area is 152 Å². The zero-order chi connectivity index (χ0) is 19.4. The average molecular weight is 373 g/mol. The maximum absolute atomic E-state index is 13.1. The normalized spacial score (nSPS) is 10.7. The topological polar surface area (TPSA) is 108 Å². The average Bonchev–Trinajstić information content (AvgIpc) is 3.08. The van der Waals surface area contributed by atoms with Gasteiger partial charge in [-0.15, -0.1) is 0 Å². The molecule has 0 aliphatic heterocycles. The third kappa shape index (κ3) is 4.00. The summed E-state index contributed by atoms with van der Waals surface area (Å²) in [5.41, 5.74) is 2.64. The molecular weight excluding hydrogens is 357 g/mol. The number of carbonyl (C=O) groups is 2. The van der Waals surface area contributed by atoms with E-state index in [0.29, 0.717) is 5.69 Å². The van der Waals surface area contributed by atoms with Crippen LogP contribution in [0, 0.1) is 5.82 Å². The highest BCUT2D eigenvalue weighted by atomic mass is 19.1. The van der Waals surface area contributed by atoms with Crippen molar-refractivity contribution in [1.82, 2.24) is 19.4 Å². The second kappa shape index (κ2) is 7.77. The molecule has 10 heteroatoms. The van der Waals surface area contributed by atoms with Gasteiger partial charge in [0.15, 0.2) is 5.65 Å². The highest BCUT2D eigenvalue weighted by Crippen LogP contribution is 2.13. The minimum absolute atomic E-state index is 0.0907. The maximum Gasteiger partial charge on any atom is 0.306 e. The number of nitrogens with one attached hydrogen (secondary N) is 1. The molecule has 0 saturated carbocycles. The van der Waals surface area contributed by atoms with Crippen LogP contribution in [0.1, 0.15) is 19.8 Å². The fraction of sp³-hybridized carbons (Fsp3) is 0.235. The van der Waals surface area contributed by atoms with Gasteiger partial charge in [-0.05, 0) is 31.2 Å². The van der Waals surface area contributed by atoms with E-state index in [4.69, 9.17) is 4.74 Å². The zero-order valence-electron chi connectivity index (χ0n) is 14.4. The van der Waals surface area contributed by atoms with Crippen LogP contribution >= 0.6 is 0 Å². The van der Waals surface area contributed by atoms with Gasteiger partial charge in [0.1, 0.15) is 17.5 Å². The standard InChI is InChI=1S/C17H16FN5O4/c1-2-27-15(25)8-7-14(24)21-22-10-19-16-13(17(22)26)9-20-23(16)12-5-3-11(18)4-6-12/h3-6,9-10H,2,7-8H2,1H3,(H,21,24). The van der Waals surface area contributed by atoms with Gasteiger partial charge in [0.05, 0.1) is 24.9 Å². The van der Waals surface area contributed by atoms with Crippen molar-refractivity contribution in [3.63, 3.8) is 0 Å². The molecule has 0 fully saturated rings. The molecule has 27 heavy (non-hydrogen) atoms. The molecule has 2 aromatic heterocycles. The molecule has 3 rings (SSSR count). The lowest BCUT2D eigenvalue weighted by atomic mass is 10.3. The summed E-state index contributed by atoms with van der Waals surface area (Å²) in [7, 11) is 0. The summed E-state index contributed by atoms with van der Waals surface area (Å²) < 4.78 is 20.1.